The molecule has 1 aliphatic rings. The smallest absolute Gasteiger partial charge is 0.244 e. The Morgan fingerprint density at radius 2 is 1.34 bits per heavy atom. The van der Waals surface area contributed by atoms with Crippen molar-refractivity contribution in [2.24, 2.45) is 14.1 Å². The second kappa shape index (κ2) is 6.60. The van der Waals surface area contributed by atoms with Crippen LogP contribution in [0, 0.1) is 0 Å². The van der Waals surface area contributed by atoms with Crippen molar-refractivity contribution in [2.75, 3.05) is 5.32 Å². The van der Waals surface area contributed by atoms with Gasteiger partial charge in [0.2, 0.25) is 5.91 Å². The Labute approximate surface area is 187 Å². The largest absolute Gasteiger partial charge is 0.350 e. The highest BCUT2D eigenvalue weighted by Gasteiger charge is 2.52. The molecule has 6 rings (SSSR count). The maximum atomic E-state index is 14.1. The predicted molar refractivity (Wildman–Crippen MR) is 130 cm³/mol. The lowest BCUT2D eigenvalue weighted by Gasteiger charge is -2.28. The zero-order valence-electron chi connectivity index (χ0n) is 18.5. The number of nitrogens with one attached hydrogen (secondary N) is 1. The Balaban J connectivity index is 1.82. The molecule has 0 radical (unpaired) electrons. The van der Waals surface area contributed by atoms with Gasteiger partial charge in [-0.05, 0) is 30.2 Å². The molecule has 1 aliphatic heterocycles. The van der Waals surface area contributed by atoms with E-state index in [4.69, 9.17) is 0 Å². The number of carbonyl (C=O) groups excluding carboxylic acids is 1. The number of para-hydroxylation sites is 2. The number of amides is 1. The number of anilines is 1. The molecule has 158 valence electrons. The highest BCUT2D eigenvalue weighted by molar-refractivity contribution is 6.15. The van der Waals surface area contributed by atoms with Gasteiger partial charge in [0.25, 0.3) is 0 Å². The Kier molecular flexibility index (Phi) is 3.91. The summed E-state index contributed by atoms with van der Waals surface area (Å²) >= 11 is 0. The van der Waals surface area contributed by atoms with E-state index in [0.29, 0.717) is 0 Å². The van der Waals surface area contributed by atoms with E-state index in [1.165, 1.54) is 5.56 Å². The lowest BCUT2D eigenvalue weighted by atomic mass is 9.69. The fourth-order valence-electron chi connectivity index (χ4n) is 5.53. The van der Waals surface area contributed by atoms with E-state index in [2.05, 4.69) is 115 Å². The molecule has 5 aromatic rings. The molecule has 0 bridgehead atoms. The molecule has 4 heteroatoms. The lowest BCUT2D eigenvalue weighted by Crippen LogP contribution is -2.37. The number of benzene rings is 3. The Morgan fingerprint density at radius 1 is 0.781 bits per heavy atom. The van der Waals surface area contributed by atoms with Gasteiger partial charge in [0.05, 0.1) is 0 Å². The van der Waals surface area contributed by atoms with Crippen molar-refractivity contribution < 1.29 is 4.79 Å². The molecule has 3 heterocycles. The van der Waals surface area contributed by atoms with Gasteiger partial charge in [-0.2, -0.15) is 0 Å². The number of hydrogen-bond acceptors (Lipinski definition) is 1. The minimum absolute atomic E-state index is 0.00783. The Bertz CT molecular complexity index is 1460. The zero-order chi connectivity index (χ0) is 22.0. The van der Waals surface area contributed by atoms with Crippen LogP contribution >= 0.6 is 0 Å². The predicted octanol–water partition coefficient (Wildman–Crippen LogP) is 5.52. The summed E-state index contributed by atoms with van der Waals surface area (Å²) in [6.45, 7) is 2.16. The maximum absolute atomic E-state index is 14.1. The molecule has 0 atom stereocenters. The number of carbonyl (C=O) groups is 1. The number of hydrogen-bond donors (Lipinski definition) is 1. The third kappa shape index (κ3) is 2.29. The Hall–Kier alpha value is -3.79. The maximum Gasteiger partial charge on any atom is 0.244 e. The molecule has 0 aliphatic carbocycles. The molecule has 0 fully saturated rings. The minimum Gasteiger partial charge on any atom is -0.350 e. The molecule has 3 aromatic carbocycles. The zero-order valence-corrected chi connectivity index (χ0v) is 18.5. The number of nitrogens with zero attached hydrogens (tertiary/aromatic N) is 2. The van der Waals surface area contributed by atoms with Crippen molar-refractivity contribution >= 4 is 33.4 Å². The fourth-order valence-corrected chi connectivity index (χ4v) is 5.53. The van der Waals surface area contributed by atoms with Crippen LogP contribution < -0.4 is 5.32 Å². The first kappa shape index (κ1) is 18.9. The molecule has 4 nitrogen and oxygen atoms in total. The molecule has 32 heavy (non-hydrogen) atoms. The highest BCUT2D eigenvalue weighted by atomic mass is 16.2. The molecular weight excluding hydrogens is 394 g/mol. The van der Waals surface area contributed by atoms with Gasteiger partial charge in [0.15, 0.2) is 0 Å². The van der Waals surface area contributed by atoms with E-state index in [1.807, 2.05) is 0 Å². The summed E-state index contributed by atoms with van der Waals surface area (Å²) in [4.78, 5) is 14.1. The van der Waals surface area contributed by atoms with E-state index in [0.717, 1.165) is 50.6 Å². The van der Waals surface area contributed by atoms with Gasteiger partial charge in [0.1, 0.15) is 5.41 Å². The average Bonchev–Trinajstić information content (AvgIpc) is 3.43. The van der Waals surface area contributed by atoms with Crippen molar-refractivity contribution in [1.82, 2.24) is 9.13 Å². The minimum atomic E-state index is -0.928. The molecular formula is C28H25N3O. The molecule has 1 amide bonds. The summed E-state index contributed by atoms with van der Waals surface area (Å²) in [5.41, 5.74) is 6.52. The van der Waals surface area contributed by atoms with Crippen LogP contribution in [0.4, 0.5) is 5.69 Å². The first-order valence-corrected chi connectivity index (χ1v) is 11.1. The SMILES string of the molecule is CCc1ccc2c(c1)C(c1cn(C)c3ccccc13)(c1cn(C)c3ccccc13)C(=O)N2. The first-order chi connectivity index (χ1) is 15.6. The van der Waals surface area contributed by atoms with Crippen LogP contribution in [-0.4, -0.2) is 15.0 Å². The molecule has 0 saturated carbocycles. The summed E-state index contributed by atoms with van der Waals surface area (Å²) in [6.07, 6.45) is 5.20. The second-order valence-corrected chi connectivity index (χ2v) is 8.78. The van der Waals surface area contributed by atoms with Crippen LogP contribution in [0.5, 0.6) is 0 Å². The number of aryl methyl sites for hydroxylation is 3. The van der Waals surface area contributed by atoms with Crippen molar-refractivity contribution in [1.29, 1.82) is 0 Å². The standard InChI is InChI=1S/C28H25N3O/c1-4-18-13-14-24-21(15-18)28(27(32)29-24,22-16-30(2)25-11-7-5-9-19(22)25)23-17-31(3)26-12-8-6-10-20(23)26/h5-17H,4H2,1-3H3,(H,29,32). The second-order valence-electron chi connectivity index (χ2n) is 8.78. The number of rotatable bonds is 3. The quantitative estimate of drug-likeness (QED) is 0.411. The van der Waals surface area contributed by atoms with Crippen LogP contribution in [0.2, 0.25) is 0 Å². The van der Waals surface area contributed by atoms with Gasteiger partial charge >= 0.3 is 0 Å². The van der Waals surface area contributed by atoms with Crippen LogP contribution in [-0.2, 0) is 30.7 Å². The van der Waals surface area contributed by atoms with E-state index in [9.17, 15) is 4.79 Å². The third-order valence-corrected chi connectivity index (χ3v) is 7.09. The van der Waals surface area contributed by atoms with Crippen molar-refractivity contribution in [3.8, 4) is 0 Å². The van der Waals surface area contributed by atoms with Crippen molar-refractivity contribution in [2.45, 2.75) is 18.8 Å². The monoisotopic (exact) mass is 419 g/mol. The van der Waals surface area contributed by atoms with Gasteiger partial charge in [-0.15, -0.1) is 0 Å². The molecule has 0 unspecified atom stereocenters. The van der Waals surface area contributed by atoms with E-state index < -0.39 is 5.41 Å². The van der Waals surface area contributed by atoms with Crippen LogP contribution in [0.25, 0.3) is 21.8 Å². The molecule has 1 N–H and O–H groups in total. The lowest BCUT2D eigenvalue weighted by molar-refractivity contribution is -0.118. The van der Waals surface area contributed by atoms with E-state index >= 15 is 0 Å². The fraction of sp³-hybridized carbons (Fsp3) is 0.179. The summed E-state index contributed by atoms with van der Waals surface area (Å²) in [5, 5.41) is 5.44. The summed E-state index contributed by atoms with van der Waals surface area (Å²) in [5.74, 6) is 0.00783. The van der Waals surface area contributed by atoms with Gasteiger partial charge in [-0.25, -0.2) is 0 Å². The molecule has 0 saturated heterocycles. The van der Waals surface area contributed by atoms with Gasteiger partial charge in [0, 0.05) is 70.7 Å². The molecule has 0 spiro atoms. The molecule has 2 aromatic heterocycles. The van der Waals surface area contributed by atoms with Gasteiger partial charge in [-0.3, -0.25) is 4.79 Å². The average molecular weight is 420 g/mol. The Morgan fingerprint density at radius 3 is 1.91 bits per heavy atom. The van der Waals surface area contributed by atoms with Crippen molar-refractivity contribution in [3.05, 3.63) is 101 Å². The highest BCUT2D eigenvalue weighted by Crippen LogP contribution is 2.52. The third-order valence-electron chi connectivity index (χ3n) is 7.09. The summed E-state index contributed by atoms with van der Waals surface area (Å²) < 4.78 is 4.26. The van der Waals surface area contributed by atoms with Gasteiger partial charge in [-0.1, -0.05) is 55.5 Å². The van der Waals surface area contributed by atoms with Crippen LogP contribution in [0.1, 0.15) is 29.2 Å². The van der Waals surface area contributed by atoms with Crippen LogP contribution in [0.15, 0.2) is 79.1 Å². The topological polar surface area (TPSA) is 39.0 Å². The summed E-state index contributed by atoms with van der Waals surface area (Å²) in [7, 11) is 4.11. The van der Waals surface area contributed by atoms with Crippen LogP contribution in [0.3, 0.4) is 0 Å². The number of fused-ring (bicyclic) bond motifs is 3. The summed E-state index contributed by atoms with van der Waals surface area (Å²) in [6, 6.07) is 23.1. The normalized spacial score (nSPS) is 14.8. The number of aromatic nitrogens is 2. The van der Waals surface area contributed by atoms with E-state index in [1.54, 1.807) is 0 Å². The van der Waals surface area contributed by atoms with Crippen molar-refractivity contribution in [3.63, 3.8) is 0 Å². The van der Waals surface area contributed by atoms with E-state index in [-0.39, 0.29) is 5.91 Å². The first-order valence-electron chi connectivity index (χ1n) is 11.1. The van der Waals surface area contributed by atoms with Gasteiger partial charge < -0.3 is 14.5 Å².